The van der Waals surface area contributed by atoms with Crippen molar-refractivity contribution in [3.8, 4) is 11.5 Å². The SMILES string of the molecule is CCOc1ccc(OCCC(=O)OC(C)C(=O)N2CCc3ccccc3C2)cc1. The molecule has 154 valence electrons. The number of benzene rings is 2. The maximum absolute atomic E-state index is 12.6. The molecule has 1 aliphatic rings. The molecular weight excluding hydrogens is 370 g/mol. The zero-order valence-corrected chi connectivity index (χ0v) is 16.9. The molecule has 2 aromatic rings. The molecule has 3 rings (SSSR count). The fourth-order valence-corrected chi connectivity index (χ4v) is 3.30. The van der Waals surface area contributed by atoms with Gasteiger partial charge in [-0.3, -0.25) is 9.59 Å². The molecule has 0 aromatic heterocycles. The molecule has 0 spiro atoms. The average molecular weight is 397 g/mol. The third-order valence-electron chi connectivity index (χ3n) is 4.81. The number of ether oxygens (including phenoxy) is 3. The van der Waals surface area contributed by atoms with E-state index in [9.17, 15) is 9.59 Å². The lowest BCUT2D eigenvalue weighted by atomic mass is 9.99. The van der Waals surface area contributed by atoms with Gasteiger partial charge in [0.15, 0.2) is 6.10 Å². The van der Waals surface area contributed by atoms with Crippen molar-refractivity contribution in [2.75, 3.05) is 19.8 Å². The number of hydrogen-bond acceptors (Lipinski definition) is 5. The Morgan fingerprint density at radius 1 is 1.00 bits per heavy atom. The number of carbonyl (C=O) groups is 2. The van der Waals surface area contributed by atoms with Gasteiger partial charge in [-0.25, -0.2) is 0 Å². The van der Waals surface area contributed by atoms with Gasteiger partial charge >= 0.3 is 5.97 Å². The van der Waals surface area contributed by atoms with Crippen molar-refractivity contribution in [2.24, 2.45) is 0 Å². The summed E-state index contributed by atoms with van der Waals surface area (Å²) in [4.78, 5) is 26.5. The highest BCUT2D eigenvalue weighted by Gasteiger charge is 2.26. The fraction of sp³-hybridized carbons (Fsp3) is 0.391. The largest absolute Gasteiger partial charge is 0.494 e. The third-order valence-corrected chi connectivity index (χ3v) is 4.81. The van der Waals surface area contributed by atoms with Crippen LogP contribution in [0.3, 0.4) is 0 Å². The van der Waals surface area contributed by atoms with Crippen molar-refractivity contribution in [3.63, 3.8) is 0 Å². The van der Waals surface area contributed by atoms with Crippen LogP contribution in [-0.4, -0.2) is 42.6 Å². The molecule has 0 fully saturated rings. The van der Waals surface area contributed by atoms with Crippen molar-refractivity contribution < 1.29 is 23.8 Å². The van der Waals surface area contributed by atoms with Crippen LogP contribution in [0.5, 0.6) is 11.5 Å². The Morgan fingerprint density at radius 3 is 2.34 bits per heavy atom. The highest BCUT2D eigenvalue weighted by molar-refractivity contribution is 5.83. The summed E-state index contributed by atoms with van der Waals surface area (Å²) in [7, 11) is 0. The fourth-order valence-electron chi connectivity index (χ4n) is 3.30. The second-order valence-corrected chi connectivity index (χ2v) is 6.91. The van der Waals surface area contributed by atoms with Gasteiger partial charge in [0.1, 0.15) is 11.5 Å². The maximum Gasteiger partial charge on any atom is 0.310 e. The van der Waals surface area contributed by atoms with Crippen LogP contribution in [0, 0.1) is 0 Å². The van der Waals surface area contributed by atoms with Crippen LogP contribution in [0.25, 0.3) is 0 Å². The van der Waals surface area contributed by atoms with Gasteiger partial charge in [0.2, 0.25) is 0 Å². The van der Waals surface area contributed by atoms with Crippen LogP contribution in [0.15, 0.2) is 48.5 Å². The molecular formula is C23H27NO5. The second kappa shape index (κ2) is 9.96. The second-order valence-electron chi connectivity index (χ2n) is 6.91. The Bertz CT molecular complexity index is 833. The van der Waals surface area contributed by atoms with E-state index < -0.39 is 12.1 Å². The van der Waals surface area contributed by atoms with E-state index in [4.69, 9.17) is 14.2 Å². The summed E-state index contributed by atoms with van der Waals surface area (Å²) < 4.78 is 16.2. The van der Waals surface area contributed by atoms with E-state index in [1.807, 2.05) is 37.3 Å². The normalized spacial score (nSPS) is 13.9. The van der Waals surface area contributed by atoms with Crippen molar-refractivity contribution in [1.29, 1.82) is 0 Å². The summed E-state index contributed by atoms with van der Waals surface area (Å²) in [5.41, 5.74) is 2.42. The molecule has 0 saturated heterocycles. The zero-order chi connectivity index (χ0) is 20.6. The lowest BCUT2D eigenvalue weighted by Gasteiger charge is -2.30. The molecule has 0 saturated carbocycles. The van der Waals surface area contributed by atoms with E-state index in [-0.39, 0.29) is 18.9 Å². The monoisotopic (exact) mass is 397 g/mol. The zero-order valence-electron chi connectivity index (χ0n) is 16.9. The summed E-state index contributed by atoms with van der Waals surface area (Å²) >= 11 is 0. The molecule has 1 unspecified atom stereocenters. The third kappa shape index (κ3) is 5.73. The predicted molar refractivity (Wildman–Crippen MR) is 109 cm³/mol. The Labute approximate surface area is 171 Å². The van der Waals surface area contributed by atoms with Gasteiger partial charge in [-0.15, -0.1) is 0 Å². The van der Waals surface area contributed by atoms with Gasteiger partial charge in [0.25, 0.3) is 5.91 Å². The molecule has 0 aliphatic carbocycles. The van der Waals surface area contributed by atoms with Crippen LogP contribution in [-0.2, 0) is 27.3 Å². The topological polar surface area (TPSA) is 65.1 Å². The number of carbonyl (C=O) groups excluding carboxylic acids is 2. The van der Waals surface area contributed by atoms with Gasteiger partial charge in [-0.2, -0.15) is 0 Å². The highest BCUT2D eigenvalue weighted by Crippen LogP contribution is 2.20. The standard InChI is InChI=1S/C23H27NO5/c1-3-27-20-8-10-21(11-9-20)28-15-13-22(25)29-17(2)23(26)24-14-12-18-6-4-5-7-19(18)16-24/h4-11,17H,3,12-16H2,1-2H3. The lowest BCUT2D eigenvalue weighted by molar-refractivity contribution is -0.160. The van der Waals surface area contributed by atoms with Crippen LogP contribution in [0.1, 0.15) is 31.4 Å². The maximum atomic E-state index is 12.6. The smallest absolute Gasteiger partial charge is 0.310 e. The number of fused-ring (bicyclic) bond motifs is 1. The number of nitrogens with zero attached hydrogens (tertiary/aromatic N) is 1. The van der Waals surface area contributed by atoms with Crippen LogP contribution >= 0.6 is 0 Å². The van der Waals surface area contributed by atoms with Crippen molar-refractivity contribution >= 4 is 11.9 Å². The molecule has 0 N–H and O–H groups in total. The van der Waals surface area contributed by atoms with Gasteiger partial charge < -0.3 is 19.1 Å². The predicted octanol–water partition coefficient (Wildman–Crippen LogP) is 3.37. The van der Waals surface area contributed by atoms with Gasteiger partial charge in [-0.05, 0) is 55.7 Å². The number of hydrogen-bond donors (Lipinski definition) is 0. The quantitative estimate of drug-likeness (QED) is 0.639. The molecule has 1 amide bonds. The molecule has 1 aliphatic heterocycles. The van der Waals surface area contributed by atoms with Crippen LogP contribution in [0.2, 0.25) is 0 Å². The summed E-state index contributed by atoms with van der Waals surface area (Å²) in [6.45, 7) is 5.52. The van der Waals surface area contributed by atoms with Crippen molar-refractivity contribution in [2.45, 2.75) is 39.3 Å². The van der Waals surface area contributed by atoms with Crippen molar-refractivity contribution in [3.05, 3.63) is 59.7 Å². The minimum Gasteiger partial charge on any atom is -0.494 e. The molecule has 0 bridgehead atoms. The first-order chi connectivity index (χ1) is 14.1. The molecule has 6 heteroatoms. The first-order valence-electron chi connectivity index (χ1n) is 9.97. The average Bonchev–Trinajstić information content (AvgIpc) is 2.74. The highest BCUT2D eigenvalue weighted by atomic mass is 16.6. The Balaban J connectivity index is 1.41. The van der Waals surface area contributed by atoms with Gasteiger partial charge in [-0.1, -0.05) is 24.3 Å². The van der Waals surface area contributed by atoms with Crippen LogP contribution < -0.4 is 9.47 Å². The van der Waals surface area contributed by atoms with E-state index in [1.165, 1.54) is 5.56 Å². The molecule has 2 aromatic carbocycles. The molecule has 6 nitrogen and oxygen atoms in total. The Kier molecular flexibility index (Phi) is 7.11. The number of amides is 1. The van der Waals surface area contributed by atoms with Gasteiger partial charge in [0.05, 0.1) is 19.6 Å². The first kappa shape index (κ1) is 20.7. The number of rotatable bonds is 8. The Morgan fingerprint density at radius 2 is 1.66 bits per heavy atom. The molecule has 1 heterocycles. The van der Waals surface area contributed by atoms with E-state index in [0.29, 0.717) is 25.4 Å². The first-order valence-corrected chi connectivity index (χ1v) is 9.97. The van der Waals surface area contributed by atoms with Crippen molar-refractivity contribution in [1.82, 2.24) is 4.90 Å². The number of esters is 1. The van der Waals surface area contributed by atoms with E-state index >= 15 is 0 Å². The van der Waals surface area contributed by atoms with E-state index in [1.54, 1.807) is 24.0 Å². The Hall–Kier alpha value is -3.02. The molecule has 29 heavy (non-hydrogen) atoms. The van der Waals surface area contributed by atoms with E-state index in [0.717, 1.165) is 17.7 Å². The summed E-state index contributed by atoms with van der Waals surface area (Å²) in [5.74, 6) is 0.804. The molecule has 1 atom stereocenters. The minimum atomic E-state index is -0.807. The van der Waals surface area contributed by atoms with Crippen LogP contribution in [0.4, 0.5) is 0 Å². The summed E-state index contributed by atoms with van der Waals surface area (Å²) in [5, 5.41) is 0. The summed E-state index contributed by atoms with van der Waals surface area (Å²) in [6, 6.07) is 15.3. The summed E-state index contributed by atoms with van der Waals surface area (Å²) in [6.07, 6.45) is 0.0878. The minimum absolute atomic E-state index is 0.0770. The lowest BCUT2D eigenvalue weighted by Crippen LogP contribution is -2.42. The van der Waals surface area contributed by atoms with Gasteiger partial charge in [0, 0.05) is 13.1 Å². The van der Waals surface area contributed by atoms with E-state index in [2.05, 4.69) is 6.07 Å². The molecule has 0 radical (unpaired) electrons.